The van der Waals surface area contributed by atoms with Gasteiger partial charge in [-0.3, -0.25) is 24.6 Å². The maximum Gasteiger partial charge on any atom is 0.472 e. The van der Waals surface area contributed by atoms with E-state index in [-0.39, 0.29) is 35.5 Å². The van der Waals surface area contributed by atoms with Gasteiger partial charge in [0, 0.05) is 12.1 Å². The first-order chi connectivity index (χ1) is 22.4. The number of hydrazine groups is 1. The van der Waals surface area contributed by atoms with Crippen molar-refractivity contribution in [3.63, 3.8) is 0 Å². The van der Waals surface area contributed by atoms with Crippen LogP contribution in [-0.2, 0) is 46.6 Å². The highest BCUT2D eigenvalue weighted by Crippen LogP contribution is 2.33. The van der Waals surface area contributed by atoms with Gasteiger partial charge in [-0.05, 0) is 60.6 Å². The molecule has 4 amide bonds. The molecular weight excluding hydrogens is 642 g/mol. The number of hydrogen-bond donors (Lipinski definition) is 2. The summed E-state index contributed by atoms with van der Waals surface area (Å²) in [4.78, 5) is 75.9. The molecule has 1 aliphatic heterocycles. The molecule has 0 aromatic heterocycles. The zero-order valence-corrected chi connectivity index (χ0v) is 26.4. The zero-order valence-electron chi connectivity index (χ0n) is 25.6. The van der Waals surface area contributed by atoms with Crippen LogP contribution in [0.4, 0.5) is 15.3 Å². The predicted octanol–water partition coefficient (Wildman–Crippen LogP) is 2.10. The first-order valence-corrected chi connectivity index (χ1v) is 15.2. The Bertz CT molecular complexity index is 1480. The minimum absolute atomic E-state index is 0.0623. The van der Waals surface area contributed by atoms with Crippen molar-refractivity contribution < 1.29 is 52.4 Å². The van der Waals surface area contributed by atoms with E-state index in [9.17, 15) is 38.6 Å². The van der Waals surface area contributed by atoms with Crippen LogP contribution in [0, 0.1) is 10.1 Å². The summed E-state index contributed by atoms with van der Waals surface area (Å²) in [6.07, 6.45) is -2.47. The molecule has 1 saturated heterocycles. The Balaban J connectivity index is 1.89. The summed E-state index contributed by atoms with van der Waals surface area (Å²) < 4.78 is 34.7. The maximum atomic E-state index is 14.0. The van der Waals surface area contributed by atoms with Crippen LogP contribution in [0.25, 0.3) is 0 Å². The molecule has 2 aromatic rings. The number of nitro benzene ring substituents is 1. The zero-order chi connectivity index (χ0) is 34.7. The second-order valence-electron chi connectivity index (χ2n) is 9.66. The molecule has 0 aliphatic carbocycles. The topological polar surface area (TPSA) is 219 Å². The van der Waals surface area contributed by atoms with Gasteiger partial charge in [0.2, 0.25) is 5.37 Å². The minimum atomic E-state index is -2.73. The summed E-state index contributed by atoms with van der Waals surface area (Å²) in [6.45, 7) is 6.89. The molecular formula is C29H33N5O12S. The molecule has 252 valence electrons. The van der Waals surface area contributed by atoms with Crippen molar-refractivity contribution in [1.82, 2.24) is 20.1 Å². The maximum absolute atomic E-state index is 14.0. The lowest BCUT2D eigenvalue weighted by atomic mass is 9.99. The third kappa shape index (κ3) is 9.33. The number of rotatable bonds is 14. The molecule has 4 atom stereocenters. The van der Waals surface area contributed by atoms with Crippen LogP contribution in [-0.4, -0.2) is 86.0 Å². The van der Waals surface area contributed by atoms with Crippen LogP contribution in [0.15, 0.2) is 66.7 Å². The number of β-lactam (4-membered cyclic amide) rings is 1. The van der Waals surface area contributed by atoms with Crippen molar-refractivity contribution in [2.75, 3.05) is 19.8 Å². The number of non-ortho nitro benzene ring substituents is 1. The number of amides is 4. The molecule has 0 radical (unpaired) electrons. The highest BCUT2D eigenvalue weighted by Gasteiger charge is 2.63. The molecule has 18 heteroatoms. The average Bonchev–Trinajstić information content (AvgIpc) is 3.04. The second kappa shape index (κ2) is 16.8. The van der Waals surface area contributed by atoms with E-state index in [1.54, 1.807) is 30.3 Å². The number of benzene rings is 2. The van der Waals surface area contributed by atoms with Gasteiger partial charge >= 0.3 is 18.2 Å². The van der Waals surface area contributed by atoms with E-state index < -0.39 is 70.3 Å². The number of hydrogen-bond acceptors (Lipinski definition) is 12. The Morgan fingerprint density at radius 3 is 2.26 bits per heavy atom. The number of carbonyl (C=O) groups is 5. The SMILES string of the molecule is C=C(C)C(C(=O)OCc1ccc([N+](=O)[O-])cc1)N1C(=O)C(NC(=O)COc2ccccc2)C1[S+]([O-])N(NC(=O)OCC)C(=O)OCC. The van der Waals surface area contributed by atoms with Crippen molar-refractivity contribution >= 4 is 47.0 Å². The van der Waals surface area contributed by atoms with Gasteiger partial charge in [-0.15, -0.1) is 0 Å². The lowest BCUT2D eigenvalue weighted by Crippen LogP contribution is -2.78. The molecule has 1 heterocycles. The lowest BCUT2D eigenvalue weighted by molar-refractivity contribution is -0.384. The first kappa shape index (κ1) is 36.1. The molecule has 1 fully saturated rings. The molecule has 4 unspecified atom stereocenters. The number of likely N-dealkylation sites (tertiary alicyclic amines) is 1. The quantitative estimate of drug-likeness (QED) is 0.0559. The van der Waals surface area contributed by atoms with Gasteiger partial charge in [-0.2, -0.15) is 5.43 Å². The highest BCUT2D eigenvalue weighted by atomic mass is 32.2. The summed E-state index contributed by atoms with van der Waals surface area (Å²) in [6, 6.07) is 10.3. The monoisotopic (exact) mass is 675 g/mol. The summed E-state index contributed by atoms with van der Waals surface area (Å²) in [5.41, 5.74) is 2.27. The summed E-state index contributed by atoms with van der Waals surface area (Å²) in [5.74, 6) is -2.36. The Labute approximate surface area is 272 Å². The molecule has 2 aromatic carbocycles. The fourth-order valence-corrected chi connectivity index (χ4v) is 5.61. The normalized spacial score (nSPS) is 16.4. The number of nitro groups is 1. The van der Waals surface area contributed by atoms with Crippen LogP contribution in [0.3, 0.4) is 0 Å². The molecule has 17 nitrogen and oxygen atoms in total. The van der Waals surface area contributed by atoms with Crippen LogP contribution >= 0.6 is 0 Å². The number of esters is 1. The van der Waals surface area contributed by atoms with Crippen molar-refractivity contribution in [3.05, 3.63) is 82.4 Å². The van der Waals surface area contributed by atoms with Crippen LogP contribution in [0.5, 0.6) is 5.75 Å². The van der Waals surface area contributed by atoms with Crippen LogP contribution < -0.4 is 15.5 Å². The molecule has 47 heavy (non-hydrogen) atoms. The number of para-hydroxylation sites is 1. The number of nitrogens with zero attached hydrogens (tertiary/aromatic N) is 3. The van der Waals surface area contributed by atoms with Crippen LogP contribution in [0.1, 0.15) is 26.3 Å². The highest BCUT2D eigenvalue weighted by molar-refractivity contribution is 7.90. The minimum Gasteiger partial charge on any atom is -0.589 e. The Hall–Kier alpha value is -5.36. The van der Waals surface area contributed by atoms with Crippen molar-refractivity contribution in [3.8, 4) is 5.75 Å². The van der Waals surface area contributed by atoms with E-state index in [4.69, 9.17) is 18.9 Å². The number of carbonyl (C=O) groups excluding carboxylic acids is 5. The van der Waals surface area contributed by atoms with E-state index in [2.05, 4.69) is 11.9 Å². The van der Waals surface area contributed by atoms with E-state index in [1.807, 2.05) is 5.43 Å². The van der Waals surface area contributed by atoms with Crippen molar-refractivity contribution in [2.45, 2.75) is 44.8 Å². The molecule has 3 rings (SSSR count). The lowest BCUT2D eigenvalue weighted by Gasteiger charge is -2.48. The average molecular weight is 676 g/mol. The number of ether oxygens (including phenoxy) is 4. The third-order valence-corrected chi connectivity index (χ3v) is 7.81. The van der Waals surface area contributed by atoms with Gasteiger partial charge in [0.1, 0.15) is 23.7 Å². The first-order valence-electron chi connectivity index (χ1n) is 14.0. The van der Waals surface area contributed by atoms with Gasteiger partial charge in [0.15, 0.2) is 18.7 Å². The van der Waals surface area contributed by atoms with Crippen molar-refractivity contribution in [1.29, 1.82) is 0 Å². The molecule has 2 N–H and O–H groups in total. The molecule has 0 spiro atoms. The molecule has 0 saturated carbocycles. The van der Waals surface area contributed by atoms with Crippen molar-refractivity contribution in [2.24, 2.45) is 0 Å². The summed E-state index contributed by atoms with van der Waals surface area (Å²) >= 11 is -2.73. The Morgan fingerprint density at radius 1 is 1.04 bits per heavy atom. The fourth-order valence-electron chi connectivity index (χ4n) is 4.19. The second-order valence-corrected chi connectivity index (χ2v) is 11.1. The van der Waals surface area contributed by atoms with E-state index in [1.165, 1.54) is 45.0 Å². The van der Waals surface area contributed by atoms with Gasteiger partial charge in [0.05, 0.1) is 18.1 Å². The third-order valence-electron chi connectivity index (χ3n) is 6.29. The van der Waals surface area contributed by atoms with Gasteiger partial charge in [-0.1, -0.05) is 24.8 Å². The van der Waals surface area contributed by atoms with Gasteiger partial charge < -0.3 is 28.8 Å². The fraction of sp³-hybridized carbons (Fsp3) is 0.345. The predicted molar refractivity (Wildman–Crippen MR) is 163 cm³/mol. The smallest absolute Gasteiger partial charge is 0.472 e. The van der Waals surface area contributed by atoms with Gasteiger partial charge in [-0.25, -0.2) is 14.4 Å². The largest absolute Gasteiger partial charge is 0.589 e. The van der Waals surface area contributed by atoms with Gasteiger partial charge in [0.25, 0.3) is 17.5 Å². The Kier molecular flexibility index (Phi) is 12.9. The van der Waals surface area contributed by atoms with E-state index in [0.29, 0.717) is 11.3 Å². The van der Waals surface area contributed by atoms with Crippen LogP contribution in [0.2, 0.25) is 0 Å². The molecule has 1 aliphatic rings. The number of nitrogens with one attached hydrogen (secondary N) is 2. The molecule has 0 bridgehead atoms. The van der Waals surface area contributed by atoms with E-state index in [0.717, 1.165) is 4.90 Å². The summed E-state index contributed by atoms with van der Waals surface area (Å²) in [5, 5.41) is 11.7. The van der Waals surface area contributed by atoms with E-state index >= 15 is 0 Å². The standard InChI is InChI=1S/C29H33N5O12S/c1-5-43-28(38)31-33(29(39)44-6-2)47(42)26-23(30-22(35)17-45-21-10-8-7-9-11-21)25(36)32(26)24(18(3)4)27(37)46-16-19-12-14-20(15-13-19)34(40)41/h7-15,23-24,26H,3,5-6,16-17H2,1-2,4H3,(H,30,35)(H,31,38). The summed E-state index contributed by atoms with van der Waals surface area (Å²) in [7, 11) is 0. The Morgan fingerprint density at radius 2 is 1.68 bits per heavy atom.